The zero-order valence-electron chi connectivity index (χ0n) is 18.0. The van der Waals surface area contributed by atoms with Crippen LogP contribution in [0.5, 0.6) is 23.0 Å². The molecule has 4 heteroatoms. The van der Waals surface area contributed by atoms with Crippen LogP contribution in [0.3, 0.4) is 0 Å². The van der Waals surface area contributed by atoms with E-state index in [1.165, 1.54) is 0 Å². The first-order chi connectivity index (χ1) is 13.8. The van der Waals surface area contributed by atoms with E-state index >= 15 is 0 Å². The Bertz CT molecular complexity index is 1030. The summed E-state index contributed by atoms with van der Waals surface area (Å²) in [6.45, 7) is 10.5. The molecule has 0 amide bonds. The summed E-state index contributed by atoms with van der Waals surface area (Å²) in [7, 11) is 5.08. The Hall–Kier alpha value is -2.88. The van der Waals surface area contributed by atoms with Gasteiger partial charge in [0, 0.05) is 17.0 Å². The average molecular weight is 392 g/mol. The van der Waals surface area contributed by atoms with Gasteiger partial charge in [-0.25, -0.2) is 0 Å². The Kier molecular flexibility index (Phi) is 4.60. The quantitative estimate of drug-likeness (QED) is 0.618. The summed E-state index contributed by atoms with van der Waals surface area (Å²) in [5, 5.41) is 0. The van der Waals surface area contributed by atoms with Crippen molar-refractivity contribution in [1.82, 2.24) is 0 Å². The predicted octanol–water partition coefficient (Wildman–Crippen LogP) is 5.78. The summed E-state index contributed by atoms with van der Waals surface area (Å²) in [5.74, 6) is 3.32. The maximum absolute atomic E-state index is 6.29. The van der Waals surface area contributed by atoms with Gasteiger partial charge in [-0.3, -0.25) is 0 Å². The number of fused-ring (bicyclic) bond motifs is 4. The van der Waals surface area contributed by atoms with Crippen molar-refractivity contribution in [3.8, 4) is 34.1 Å². The van der Waals surface area contributed by atoms with Gasteiger partial charge in [-0.2, -0.15) is 0 Å². The topological polar surface area (TPSA) is 36.9 Å². The molecule has 0 fully saturated rings. The standard InChI is InChI=1S/C25H28O4/c1-14(2)17-12-19-15(8-9-20(26-5)23(19)27-6)18-13-21-16(24(28-7)22(17)18)10-11-25(3,4)29-21/h8-11,13,17H,1,12H2,2-7H3. The van der Waals surface area contributed by atoms with Crippen LogP contribution in [0.2, 0.25) is 0 Å². The average Bonchev–Trinajstić information content (AvgIpc) is 2.69. The largest absolute Gasteiger partial charge is 0.496 e. The van der Waals surface area contributed by atoms with Crippen LogP contribution >= 0.6 is 0 Å². The van der Waals surface area contributed by atoms with E-state index in [1.54, 1.807) is 21.3 Å². The minimum absolute atomic E-state index is 0.113. The molecule has 4 rings (SSSR count). The molecule has 0 N–H and O–H groups in total. The van der Waals surface area contributed by atoms with Gasteiger partial charge < -0.3 is 18.9 Å². The summed E-state index contributed by atoms with van der Waals surface area (Å²) in [4.78, 5) is 0. The van der Waals surface area contributed by atoms with E-state index in [1.807, 2.05) is 6.07 Å². The number of allylic oxidation sites excluding steroid dienone is 1. The van der Waals surface area contributed by atoms with Gasteiger partial charge in [0.2, 0.25) is 0 Å². The van der Waals surface area contributed by atoms with E-state index in [4.69, 9.17) is 18.9 Å². The minimum Gasteiger partial charge on any atom is -0.496 e. The molecule has 1 aliphatic carbocycles. The van der Waals surface area contributed by atoms with E-state index < -0.39 is 0 Å². The molecule has 0 radical (unpaired) electrons. The molecule has 0 spiro atoms. The van der Waals surface area contributed by atoms with E-state index in [0.29, 0.717) is 0 Å². The van der Waals surface area contributed by atoms with Gasteiger partial charge in [0.1, 0.15) is 17.1 Å². The van der Waals surface area contributed by atoms with Crippen molar-refractivity contribution >= 4 is 6.08 Å². The van der Waals surface area contributed by atoms with Gasteiger partial charge >= 0.3 is 0 Å². The van der Waals surface area contributed by atoms with E-state index in [-0.39, 0.29) is 11.5 Å². The van der Waals surface area contributed by atoms with Crippen molar-refractivity contribution in [2.45, 2.75) is 38.7 Å². The van der Waals surface area contributed by atoms with E-state index in [2.05, 4.69) is 51.6 Å². The SMILES string of the molecule is C=C(C)C1Cc2c(ccc(OC)c2OC)-c2cc3c(c(OC)c21)C=CC(C)(C)O3. The highest BCUT2D eigenvalue weighted by molar-refractivity contribution is 5.85. The summed E-state index contributed by atoms with van der Waals surface area (Å²) in [6, 6.07) is 6.19. The molecule has 2 aliphatic rings. The molecule has 29 heavy (non-hydrogen) atoms. The molecule has 0 saturated heterocycles. The second-order valence-electron chi connectivity index (χ2n) is 8.25. The molecular weight excluding hydrogens is 364 g/mol. The monoisotopic (exact) mass is 392 g/mol. The van der Waals surface area contributed by atoms with Crippen LogP contribution in [0.4, 0.5) is 0 Å². The molecule has 0 saturated carbocycles. The number of rotatable bonds is 4. The zero-order valence-corrected chi connectivity index (χ0v) is 18.0. The van der Waals surface area contributed by atoms with Gasteiger partial charge in [0.15, 0.2) is 11.5 Å². The van der Waals surface area contributed by atoms with Crippen molar-refractivity contribution in [2.24, 2.45) is 0 Å². The van der Waals surface area contributed by atoms with E-state index in [0.717, 1.165) is 62.8 Å². The van der Waals surface area contributed by atoms with Crippen LogP contribution in [0.15, 0.2) is 36.4 Å². The molecule has 152 valence electrons. The van der Waals surface area contributed by atoms with Gasteiger partial charge in [-0.15, -0.1) is 0 Å². The summed E-state index contributed by atoms with van der Waals surface area (Å²) in [6.07, 6.45) is 4.96. The Morgan fingerprint density at radius 2 is 1.79 bits per heavy atom. The first kappa shape index (κ1) is 19.4. The van der Waals surface area contributed by atoms with Crippen LogP contribution in [0.25, 0.3) is 17.2 Å². The first-order valence-electron chi connectivity index (χ1n) is 9.84. The molecule has 0 bridgehead atoms. The van der Waals surface area contributed by atoms with Crippen molar-refractivity contribution < 1.29 is 18.9 Å². The van der Waals surface area contributed by atoms with Gasteiger partial charge in [0.05, 0.1) is 26.9 Å². The highest BCUT2D eigenvalue weighted by Gasteiger charge is 2.35. The molecule has 1 atom stereocenters. The Balaban J connectivity index is 2.06. The molecule has 2 aromatic rings. The fourth-order valence-electron chi connectivity index (χ4n) is 4.47. The van der Waals surface area contributed by atoms with Crippen LogP contribution in [-0.2, 0) is 6.42 Å². The third-order valence-electron chi connectivity index (χ3n) is 5.84. The summed E-state index contributed by atoms with van der Waals surface area (Å²) in [5.41, 5.74) is 6.21. The number of methoxy groups -OCH3 is 3. The lowest BCUT2D eigenvalue weighted by Crippen LogP contribution is -2.28. The molecule has 2 aromatic carbocycles. The second kappa shape index (κ2) is 6.87. The fourth-order valence-corrected chi connectivity index (χ4v) is 4.47. The van der Waals surface area contributed by atoms with Crippen molar-refractivity contribution in [3.05, 3.63) is 53.1 Å². The lowest BCUT2D eigenvalue weighted by atomic mass is 9.74. The zero-order chi connectivity index (χ0) is 20.9. The number of hydrogen-bond donors (Lipinski definition) is 0. The second-order valence-corrected chi connectivity index (χ2v) is 8.25. The maximum Gasteiger partial charge on any atom is 0.164 e. The molecule has 4 nitrogen and oxygen atoms in total. The van der Waals surface area contributed by atoms with Gasteiger partial charge in [0.25, 0.3) is 0 Å². The Labute approximate surface area is 172 Å². The Morgan fingerprint density at radius 3 is 2.41 bits per heavy atom. The Morgan fingerprint density at radius 1 is 1.07 bits per heavy atom. The third-order valence-corrected chi connectivity index (χ3v) is 5.84. The lowest BCUT2D eigenvalue weighted by Gasteiger charge is -2.35. The van der Waals surface area contributed by atoms with Gasteiger partial charge in [-0.05, 0) is 62.6 Å². The van der Waals surface area contributed by atoms with Crippen LogP contribution < -0.4 is 18.9 Å². The van der Waals surface area contributed by atoms with Crippen LogP contribution in [0, 0.1) is 0 Å². The fraction of sp³-hybridized carbons (Fsp3) is 0.360. The molecule has 1 aliphatic heterocycles. The normalized spacial score (nSPS) is 18.1. The number of hydrogen-bond acceptors (Lipinski definition) is 4. The minimum atomic E-state index is -0.366. The summed E-state index contributed by atoms with van der Waals surface area (Å²) < 4.78 is 23.5. The van der Waals surface area contributed by atoms with Crippen LogP contribution in [-0.4, -0.2) is 26.9 Å². The number of benzene rings is 2. The van der Waals surface area contributed by atoms with Gasteiger partial charge in [-0.1, -0.05) is 18.2 Å². The van der Waals surface area contributed by atoms with Crippen molar-refractivity contribution in [3.63, 3.8) is 0 Å². The predicted molar refractivity (Wildman–Crippen MR) is 117 cm³/mol. The highest BCUT2D eigenvalue weighted by atomic mass is 16.5. The summed E-state index contributed by atoms with van der Waals surface area (Å²) >= 11 is 0. The maximum atomic E-state index is 6.29. The number of ether oxygens (including phenoxy) is 4. The third kappa shape index (κ3) is 2.98. The highest BCUT2D eigenvalue weighted by Crippen LogP contribution is 2.54. The lowest BCUT2D eigenvalue weighted by molar-refractivity contribution is 0.158. The first-order valence-corrected chi connectivity index (χ1v) is 9.84. The van der Waals surface area contributed by atoms with E-state index in [9.17, 15) is 0 Å². The van der Waals surface area contributed by atoms with Crippen molar-refractivity contribution in [2.75, 3.05) is 21.3 Å². The molecular formula is C25H28O4. The van der Waals surface area contributed by atoms with Crippen LogP contribution in [0.1, 0.15) is 43.4 Å². The smallest absolute Gasteiger partial charge is 0.164 e. The van der Waals surface area contributed by atoms with Crippen molar-refractivity contribution in [1.29, 1.82) is 0 Å². The molecule has 1 unspecified atom stereocenters. The molecule has 1 heterocycles. The molecule has 0 aromatic heterocycles.